The molecule has 1 amide bonds. The average Bonchev–Trinajstić information content (AvgIpc) is 3.25. The van der Waals surface area contributed by atoms with Gasteiger partial charge in [0.1, 0.15) is 0 Å². The van der Waals surface area contributed by atoms with Crippen molar-refractivity contribution in [1.82, 2.24) is 10.2 Å². The number of aliphatic hydroxyl groups excluding tert-OH is 2. The molecule has 1 rings (SSSR count). The van der Waals surface area contributed by atoms with Gasteiger partial charge in [-0.05, 0) is 38.6 Å². The Bertz CT molecular complexity index is 539. The van der Waals surface area contributed by atoms with Crippen LogP contribution in [0, 0.1) is 0 Å². The molecule has 0 radical (unpaired) electrons. The number of hydrogen-bond donors (Lipinski definition) is 3. The van der Waals surface area contributed by atoms with Crippen LogP contribution >= 0.6 is 11.8 Å². The van der Waals surface area contributed by atoms with Crippen molar-refractivity contribution in [2.75, 3.05) is 25.4 Å². The zero-order chi connectivity index (χ0) is 26.4. The summed E-state index contributed by atoms with van der Waals surface area (Å²) >= 11 is 1.30. The highest BCUT2D eigenvalue weighted by atomic mass is 32.2. The van der Waals surface area contributed by atoms with Gasteiger partial charge in [0.05, 0.1) is 18.2 Å². The Hall–Kier alpha value is -0.630. The molecule has 7 heteroatoms. The van der Waals surface area contributed by atoms with E-state index >= 15 is 0 Å². The fraction of sp³-hybridized carbons (Fsp3) is 0.931. The van der Waals surface area contributed by atoms with E-state index in [1.54, 1.807) is 0 Å². The summed E-state index contributed by atoms with van der Waals surface area (Å²) in [5.74, 6) is 0.745. The van der Waals surface area contributed by atoms with E-state index in [1.807, 2.05) is 0 Å². The maximum atomic E-state index is 12.2. The van der Waals surface area contributed by atoms with Gasteiger partial charge in [0, 0.05) is 25.3 Å². The third kappa shape index (κ3) is 17.8. The molecule has 3 N–H and O–H groups in total. The molecule has 212 valence electrons. The van der Waals surface area contributed by atoms with E-state index in [1.165, 1.54) is 76.0 Å². The van der Waals surface area contributed by atoms with Crippen molar-refractivity contribution < 1.29 is 19.8 Å². The summed E-state index contributed by atoms with van der Waals surface area (Å²) < 4.78 is 0. The van der Waals surface area contributed by atoms with Crippen LogP contribution in [0.4, 0.5) is 0 Å². The first-order chi connectivity index (χ1) is 17.5. The number of unbranched alkanes of at least 4 members (excludes halogenated alkanes) is 11. The highest BCUT2D eigenvalue weighted by molar-refractivity contribution is 8.14. The minimum Gasteiger partial charge on any atom is -0.392 e. The fourth-order valence-electron chi connectivity index (χ4n) is 4.87. The molecule has 0 aliphatic carbocycles. The summed E-state index contributed by atoms with van der Waals surface area (Å²) in [4.78, 5) is 26.1. The molecule has 0 saturated carbocycles. The molecule has 0 aromatic carbocycles. The summed E-state index contributed by atoms with van der Waals surface area (Å²) in [6, 6.07) is -0.312. The Morgan fingerprint density at radius 2 is 1.39 bits per heavy atom. The maximum Gasteiger partial charge on any atom is 0.220 e. The highest BCUT2D eigenvalue weighted by Crippen LogP contribution is 2.19. The molecule has 0 bridgehead atoms. The van der Waals surface area contributed by atoms with Crippen LogP contribution in [0.5, 0.6) is 0 Å². The lowest BCUT2D eigenvalue weighted by Crippen LogP contribution is -2.39. The molecule has 6 nitrogen and oxygen atoms in total. The quantitative estimate of drug-likeness (QED) is 0.137. The van der Waals surface area contributed by atoms with E-state index in [0.717, 1.165) is 57.2 Å². The van der Waals surface area contributed by atoms with Crippen molar-refractivity contribution in [3.05, 3.63) is 0 Å². The Kier molecular flexibility index (Phi) is 20.7. The molecule has 36 heavy (non-hydrogen) atoms. The molecular weight excluding hydrogens is 472 g/mol. The molecule has 1 aliphatic heterocycles. The summed E-state index contributed by atoms with van der Waals surface area (Å²) in [5.41, 5.74) is 0. The molecule has 3 atom stereocenters. The number of rotatable bonds is 24. The number of aliphatic hydroxyl groups is 2. The third-order valence-electron chi connectivity index (χ3n) is 7.12. The van der Waals surface area contributed by atoms with Gasteiger partial charge in [0.15, 0.2) is 0 Å². The van der Waals surface area contributed by atoms with Crippen molar-refractivity contribution in [2.45, 2.75) is 148 Å². The van der Waals surface area contributed by atoms with Crippen LogP contribution in [0.25, 0.3) is 0 Å². The van der Waals surface area contributed by atoms with E-state index in [-0.39, 0.29) is 29.3 Å². The summed E-state index contributed by atoms with van der Waals surface area (Å²) in [6.45, 7) is 6.39. The van der Waals surface area contributed by atoms with Gasteiger partial charge in [-0.2, -0.15) is 0 Å². The largest absolute Gasteiger partial charge is 0.392 e. The minimum atomic E-state index is -0.369. The van der Waals surface area contributed by atoms with Gasteiger partial charge < -0.3 is 15.5 Å². The minimum absolute atomic E-state index is 0.0476. The number of hydrogen-bond acceptors (Lipinski definition) is 6. The van der Waals surface area contributed by atoms with Crippen LogP contribution in [-0.2, 0) is 9.59 Å². The van der Waals surface area contributed by atoms with E-state index in [9.17, 15) is 19.8 Å². The second-order valence-electron chi connectivity index (χ2n) is 10.7. The lowest BCUT2D eigenvalue weighted by Gasteiger charge is -2.27. The van der Waals surface area contributed by atoms with Gasteiger partial charge in [0.2, 0.25) is 11.0 Å². The predicted octanol–water partition coefficient (Wildman–Crippen LogP) is 5.83. The van der Waals surface area contributed by atoms with Crippen LogP contribution in [0.1, 0.15) is 129 Å². The summed E-state index contributed by atoms with van der Waals surface area (Å²) in [7, 11) is 0. The predicted molar refractivity (Wildman–Crippen MR) is 152 cm³/mol. The first-order valence-electron chi connectivity index (χ1n) is 15.0. The number of carbonyl (C=O) groups is 2. The molecular formula is C29H56N2O4S. The number of amides is 1. The monoisotopic (exact) mass is 528 g/mol. The van der Waals surface area contributed by atoms with Gasteiger partial charge in [-0.1, -0.05) is 103 Å². The molecule has 0 aromatic rings. The topological polar surface area (TPSA) is 89.9 Å². The van der Waals surface area contributed by atoms with Crippen molar-refractivity contribution in [1.29, 1.82) is 0 Å². The standard InChI is InChI=1S/C29H56N2O4S/c1-3-5-7-9-11-13-17-25(32)23-31(24-26(33)18-14-12-10-8-6-4-2)21-16-15-19-28(34)30-27-20-22-36-29(27)35/h25-27,32-33H,3-24H2,1-2H3,(H,30,34). The van der Waals surface area contributed by atoms with Crippen molar-refractivity contribution in [3.8, 4) is 0 Å². The van der Waals surface area contributed by atoms with Crippen LogP contribution in [0.2, 0.25) is 0 Å². The van der Waals surface area contributed by atoms with Crippen LogP contribution < -0.4 is 5.32 Å². The lowest BCUT2D eigenvalue weighted by atomic mass is 10.1. The summed E-state index contributed by atoms with van der Waals surface area (Å²) in [6.07, 6.45) is 18.2. The third-order valence-corrected chi connectivity index (χ3v) is 8.13. The Morgan fingerprint density at radius 3 is 1.89 bits per heavy atom. The lowest BCUT2D eigenvalue weighted by molar-refractivity contribution is -0.124. The van der Waals surface area contributed by atoms with Crippen molar-refractivity contribution >= 4 is 22.8 Å². The van der Waals surface area contributed by atoms with Gasteiger partial charge in [0.25, 0.3) is 0 Å². The normalized spacial score (nSPS) is 17.6. The van der Waals surface area contributed by atoms with Crippen LogP contribution in [0.15, 0.2) is 0 Å². The van der Waals surface area contributed by atoms with E-state index in [2.05, 4.69) is 24.1 Å². The molecule has 1 fully saturated rings. The smallest absolute Gasteiger partial charge is 0.220 e. The highest BCUT2D eigenvalue weighted by Gasteiger charge is 2.26. The zero-order valence-electron chi connectivity index (χ0n) is 23.4. The number of nitrogens with zero attached hydrogens (tertiary/aromatic N) is 1. The van der Waals surface area contributed by atoms with E-state index < -0.39 is 0 Å². The Labute approximate surface area is 225 Å². The van der Waals surface area contributed by atoms with E-state index in [4.69, 9.17) is 0 Å². The maximum absolute atomic E-state index is 12.2. The summed E-state index contributed by atoms with van der Waals surface area (Å²) in [5, 5.41) is 24.2. The number of carbonyl (C=O) groups excluding carboxylic acids is 2. The molecule has 1 saturated heterocycles. The fourth-order valence-corrected chi connectivity index (χ4v) is 5.80. The second kappa shape index (κ2) is 22.4. The Balaban J connectivity index is 2.35. The molecule has 1 heterocycles. The molecule has 0 aromatic heterocycles. The van der Waals surface area contributed by atoms with Gasteiger partial charge in [-0.25, -0.2) is 0 Å². The number of thioether (sulfide) groups is 1. The van der Waals surface area contributed by atoms with Crippen LogP contribution in [-0.4, -0.2) is 69.8 Å². The first kappa shape index (κ1) is 33.4. The van der Waals surface area contributed by atoms with E-state index in [0.29, 0.717) is 19.5 Å². The van der Waals surface area contributed by atoms with Gasteiger partial charge in [-0.3, -0.25) is 14.5 Å². The molecule has 0 spiro atoms. The average molecular weight is 529 g/mol. The molecule has 1 aliphatic rings. The number of nitrogens with one attached hydrogen (secondary N) is 1. The van der Waals surface area contributed by atoms with Gasteiger partial charge >= 0.3 is 0 Å². The first-order valence-corrected chi connectivity index (χ1v) is 16.0. The second-order valence-corrected chi connectivity index (χ2v) is 11.8. The SMILES string of the molecule is CCCCCCCCC(O)CN(CCCCC(=O)NC1CCSC1=O)CC(O)CCCCCCCC. The zero-order valence-corrected chi connectivity index (χ0v) is 24.2. The van der Waals surface area contributed by atoms with Crippen LogP contribution in [0.3, 0.4) is 0 Å². The molecule has 3 unspecified atom stereocenters. The Morgan fingerprint density at radius 1 is 0.861 bits per heavy atom. The van der Waals surface area contributed by atoms with Gasteiger partial charge in [-0.15, -0.1) is 0 Å². The van der Waals surface area contributed by atoms with Crippen molar-refractivity contribution in [2.24, 2.45) is 0 Å². The van der Waals surface area contributed by atoms with Crippen molar-refractivity contribution in [3.63, 3.8) is 0 Å².